The van der Waals surface area contributed by atoms with Gasteiger partial charge in [0.05, 0.1) is 0 Å². The van der Waals surface area contributed by atoms with Crippen LogP contribution in [0, 0.1) is 5.82 Å². The van der Waals surface area contributed by atoms with Gasteiger partial charge in [-0.15, -0.1) is 0 Å². The zero-order chi connectivity index (χ0) is 24.6. The number of ether oxygens (including phenoxy) is 1. The summed E-state index contributed by atoms with van der Waals surface area (Å²) in [7, 11) is 0. The van der Waals surface area contributed by atoms with Crippen LogP contribution >= 0.6 is 0 Å². The minimum atomic E-state index is -0.735. The second kappa shape index (κ2) is 8.98. The van der Waals surface area contributed by atoms with Gasteiger partial charge in [0.25, 0.3) is 5.91 Å². The highest BCUT2D eigenvalue weighted by Gasteiger charge is 2.45. The molecule has 0 aliphatic carbocycles. The number of aromatic nitrogens is 1. The maximum Gasteiger partial charge on any atom is 0.413 e. The van der Waals surface area contributed by atoms with E-state index in [0.717, 1.165) is 11.1 Å². The normalized spacial score (nSPS) is 18.8. The van der Waals surface area contributed by atoms with E-state index in [4.69, 9.17) is 4.74 Å². The van der Waals surface area contributed by atoms with Crippen molar-refractivity contribution < 1.29 is 18.7 Å². The van der Waals surface area contributed by atoms with E-state index in [0.29, 0.717) is 56.1 Å². The van der Waals surface area contributed by atoms with Crippen molar-refractivity contribution in [2.75, 3.05) is 29.9 Å². The van der Waals surface area contributed by atoms with Gasteiger partial charge in [-0.1, -0.05) is 6.58 Å². The summed E-state index contributed by atoms with van der Waals surface area (Å²) in [6, 6.07) is 8.23. The molecule has 0 atom stereocenters. The number of piperidine rings is 1. The van der Waals surface area contributed by atoms with Crippen LogP contribution in [0.2, 0.25) is 0 Å². The molecule has 0 bridgehead atoms. The molecular weight excluding hydrogens is 449 g/mol. The molecule has 3 aliphatic heterocycles. The third-order valence-corrected chi connectivity index (χ3v) is 6.76. The molecule has 9 heteroatoms. The van der Waals surface area contributed by atoms with Crippen molar-refractivity contribution in [2.45, 2.75) is 31.8 Å². The van der Waals surface area contributed by atoms with Crippen molar-refractivity contribution >= 4 is 29.7 Å². The number of allylic oxidation sites excluding steroid dienone is 1. The van der Waals surface area contributed by atoms with Crippen LogP contribution in [0.25, 0.3) is 0 Å². The number of aliphatic imine (C=N–C) groups is 1. The number of nitrogens with zero attached hydrogens (tertiary/aromatic N) is 4. The first-order chi connectivity index (χ1) is 16.9. The van der Waals surface area contributed by atoms with Crippen molar-refractivity contribution in [2.24, 2.45) is 4.99 Å². The molecular formula is C26H26FN5O3. The average Bonchev–Trinajstić information content (AvgIpc) is 3.26. The molecule has 1 aromatic carbocycles. The van der Waals surface area contributed by atoms with Crippen molar-refractivity contribution in [3.05, 3.63) is 77.5 Å². The Balaban J connectivity index is 1.33. The molecule has 1 N–H and O–H groups in total. The quantitative estimate of drug-likeness (QED) is 0.408. The smallest absolute Gasteiger partial charge is 0.413 e. The van der Waals surface area contributed by atoms with Crippen molar-refractivity contribution in [3.63, 3.8) is 0 Å². The Morgan fingerprint density at radius 3 is 2.86 bits per heavy atom. The van der Waals surface area contributed by atoms with Gasteiger partial charge < -0.3 is 14.5 Å². The number of pyridine rings is 1. The van der Waals surface area contributed by atoms with Gasteiger partial charge >= 0.3 is 6.09 Å². The molecule has 2 amide bonds. The van der Waals surface area contributed by atoms with Gasteiger partial charge in [0.15, 0.2) is 0 Å². The summed E-state index contributed by atoms with van der Waals surface area (Å²) in [4.78, 5) is 37.8. The summed E-state index contributed by atoms with van der Waals surface area (Å²) in [6.07, 6.45) is 6.13. The molecule has 0 unspecified atom stereocenters. The monoisotopic (exact) mass is 475 g/mol. The first-order valence-electron chi connectivity index (χ1n) is 11.6. The Bertz CT molecular complexity index is 1260. The van der Waals surface area contributed by atoms with Gasteiger partial charge in [-0.2, -0.15) is 0 Å². The molecule has 1 fully saturated rings. The van der Waals surface area contributed by atoms with E-state index in [1.54, 1.807) is 36.4 Å². The van der Waals surface area contributed by atoms with E-state index >= 15 is 0 Å². The van der Waals surface area contributed by atoms with Crippen LogP contribution in [-0.2, 0) is 21.6 Å². The van der Waals surface area contributed by atoms with Crippen LogP contribution in [0.5, 0.6) is 0 Å². The number of anilines is 2. The minimum absolute atomic E-state index is 0.254. The topological polar surface area (TPSA) is 87.1 Å². The number of amides is 2. The van der Waals surface area contributed by atoms with E-state index in [2.05, 4.69) is 26.8 Å². The fourth-order valence-corrected chi connectivity index (χ4v) is 5.02. The third-order valence-electron chi connectivity index (χ3n) is 6.76. The first-order valence-corrected chi connectivity index (χ1v) is 11.6. The lowest BCUT2D eigenvalue weighted by atomic mass is 9.83. The fraction of sp³-hybridized carbons (Fsp3) is 0.308. The van der Waals surface area contributed by atoms with E-state index in [1.165, 1.54) is 12.1 Å². The summed E-state index contributed by atoms with van der Waals surface area (Å²) >= 11 is 0. The zero-order valence-corrected chi connectivity index (χ0v) is 19.5. The molecule has 3 aliphatic rings. The molecule has 5 rings (SSSR count). The number of halogens is 1. The Morgan fingerprint density at radius 1 is 1.29 bits per heavy atom. The van der Waals surface area contributed by atoms with Crippen LogP contribution in [0.4, 0.5) is 20.7 Å². The van der Waals surface area contributed by atoms with Crippen molar-refractivity contribution in [1.29, 1.82) is 0 Å². The highest BCUT2D eigenvalue weighted by Crippen LogP contribution is 2.43. The molecule has 0 radical (unpaired) electrons. The van der Waals surface area contributed by atoms with E-state index in [9.17, 15) is 14.0 Å². The number of nitrogens with one attached hydrogen (secondary N) is 1. The van der Waals surface area contributed by atoms with Crippen LogP contribution in [0.3, 0.4) is 0 Å². The number of benzene rings is 1. The van der Waals surface area contributed by atoms with Crippen molar-refractivity contribution in [3.8, 4) is 0 Å². The molecule has 35 heavy (non-hydrogen) atoms. The molecule has 2 aromatic rings. The summed E-state index contributed by atoms with van der Waals surface area (Å²) in [5, 5.41) is 2.66. The summed E-state index contributed by atoms with van der Waals surface area (Å²) in [5.41, 5.74) is 2.57. The van der Waals surface area contributed by atoms with Gasteiger partial charge in [0, 0.05) is 61.8 Å². The predicted octanol–water partition coefficient (Wildman–Crippen LogP) is 4.15. The molecule has 4 heterocycles. The van der Waals surface area contributed by atoms with Gasteiger partial charge in [-0.3, -0.25) is 15.1 Å². The van der Waals surface area contributed by atoms with Crippen molar-refractivity contribution in [1.82, 2.24) is 9.88 Å². The van der Waals surface area contributed by atoms with E-state index in [-0.39, 0.29) is 17.4 Å². The van der Waals surface area contributed by atoms with Gasteiger partial charge in [0.1, 0.15) is 22.9 Å². The molecule has 8 nitrogen and oxygen atoms in total. The lowest BCUT2D eigenvalue weighted by Gasteiger charge is -2.44. The predicted molar refractivity (Wildman–Crippen MR) is 131 cm³/mol. The second-order valence-corrected chi connectivity index (χ2v) is 8.78. The third kappa shape index (κ3) is 4.18. The summed E-state index contributed by atoms with van der Waals surface area (Å²) in [6.45, 7) is 7.57. The second-order valence-electron chi connectivity index (χ2n) is 8.78. The Kier molecular flexibility index (Phi) is 5.84. The number of hydrogen-bond acceptors (Lipinski definition) is 6. The number of carbonyl (C=O) groups is 2. The molecule has 0 saturated carbocycles. The Labute approximate surface area is 202 Å². The maximum absolute atomic E-state index is 13.6. The largest absolute Gasteiger partial charge is 0.437 e. The lowest BCUT2D eigenvalue weighted by molar-refractivity contribution is -0.115. The fourth-order valence-electron chi connectivity index (χ4n) is 5.02. The summed E-state index contributed by atoms with van der Waals surface area (Å²) < 4.78 is 19.4. The number of carbonyl (C=O) groups excluding carboxylic acids is 2. The maximum atomic E-state index is 13.6. The molecule has 1 spiro atoms. The van der Waals surface area contributed by atoms with Gasteiger partial charge in [-0.05, 0) is 55.3 Å². The molecule has 1 aromatic heterocycles. The summed E-state index contributed by atoms with van der Waals surface area (Å²) in [5.74, 6) is -0.0308. The standard InChI is InChI=1S/C26H26FN5O3/c1-3-28-21(24(33)32-12-8-18-16-19(27)6-7-22(18)32)15-17(2)31-13-9-26(10-14-31)20-5-4-11-29-23(20)30-25(34)35-26/h3-7,11,15-16H,2,8-10,12-14H2,1H3,(H,29,30,34)/b21-15-,28-3?. The van der Waals surface area contributed by atoms with Gasteiger partial charge in [-0.25, -0.2) is 14.2 Å². The minimum Gasteiger partial charge on any atom is -0.437 e. The van der Waals surface area contributed by atoms with Crippen LogP contribution in [0.15, 0.2) is 65.6 Å². The first kappa shape index (κ1) is 22.8. The number of likely N-dealkylation sites (tertiary alicyclic amines) is 1. The molecule has 1 saturated heterocycles. The van der Waals surface area contributed by atoms with Crippen LogP contribution in [-0.4, -0.2) is 47.7 Å². The van der Waals surface area contributed by atoms with Gasteiger partial charge in [0.2, 0.25) is 0 Å². The Hall–Kier alpha value is -4.01. The van der Waals surface area contributed by atoms with E-state index < -0.39 is 11.7 Å². The zero-order valence-electron chi connectivity index (χ0n) is 19.5. The SMILES string of the molecule is C=C(/C=C(\N=CC)C(=O)N1CCc2cc(F)ccc21)N1CCC2(CC1)OC(=O)Nc1ncccc12. The number of hydrogen-bond donors (Lipinski definition) is 1. The van der Waals surface area contributed by atoms with Crippen LogP contribution in [0.1, 0.15) is 30.9 Å². The number of rotatable bonds is 4. The lowest BCUT2D eigenvalue weighted by Crippen LogP contribution is -2.48. The Morgan fingerprint density at radius 2 is 2.09 bits per heavy atom. The molecule has 180 valence electrons. The highest BCUT2D eigenvalue weighted by molar-refractivity contribution is 6.07. The van der Waals surface area contributed by atoms with Crippen LogP contribution < -0.4 is 10.2 Å². The van der Waals surface area contributed by atoms with E-state index in [1.807, 2.05) is 12.1 Å². The average molecular weight is 476 g/mol. The number of fused-ring (bicyclic) bond motifs is 3. The highest BCUT2D eigenvalue weighted by atomic mass is 19.1.